The Balaban J connectivity index is 2.02. The number of methoxy groups -OCH3 is 1. The van der Waals surface area contributed by atoms with Gasteiger partial charge in [-0.3, -0.25) is 0 Å². The van der Waals surface area contributed by atoms with Gasteiger partial charge >= 0.3 is 0 Å². The lowest BCUT2D eigenvalue weighted by atomic mass is 10.0. The Kier molecular flexibility index (Phi) is 5.37. The Morgan fingerprint density at radius 2 is 1.90 bits per heavy atom. The zero-order valence-electron chi connectivity index (χ0n) is 12.8. The normalized spacial score (nSPS) is 12.2. The van der Waals surface area contributed by atoms with E-state index in [2.05, 4.69) is 0 Å². The average molecular weight is 286 g/mol. The van der Waals surface area contributed by atoms with Gasteiger partial charge in [-0.15, -0.1) is 0 Å². The maximum Gasteiger partial charge on any atom is 0.119 e. The monoisotopic (exact) mass is 286 g/mol. The van der Waals surface area contributed by atoms with E-state index in [1.165, 1.54) is 0 Å². The van der Waals surface area contributed by atoms with Gasteiger partial charge in [0, 0.05) is 7.11 Å². The molecule has 3 nitrogen and oxygen atoms in total. The van der Waals surface area contributed by atoms with Crippen LogP contribution < -0.4 is 4.74 Å². The van der Waals surface area contributed by atoms with Crippen LogP contribution in [0, 0.1) is 13.8 Å². The van der Waals surface area contributed by atoms with Crippen molar-refractivity contribution >= 4 is 0 Å². The molecule has 0 fully saturated rings. The van der Waals surface area contributed by atoms with Crippen molar-refractivity contribution in [1.29, 1.82) is 0 Å². The maximum absolute atomic E-state index is 10.3. The highest BCUT2D eigenvalue weighted by Crippen LogP contribution is 2.21. The summed E-state index contributed by atoms with van der Waals surface area (Å²) < 4.78 is 10.8. The molecule has 2 aromatic carbocycles. The molecule has 0 radical (unpaired) electrons. The lowest BCUT2D eigenvalue weighted by Crippen LogP contribution is -2.11. The third kappa shape index (κ3) is 4.31. The summed E-state index contributed by atoms with van der Waals surface area (Å²) in [5.74, 6) is 0.744. The molecule has 1 atom stereocenters. The van der Waals surface area contributed by atoms with Gasteiger partial charge in [-0.05, 0) is 42.7 Å². The molecule has 0 aliphatic rings. The lowest BCUT2D eigenvalue weighted by Gasteiger charge is -2.16. The standard InChI is InChI=1S/C18H22O3/c1-13-7-8-14(2)17(9-13)18(19)12-21-16-6-4-5-15(10-16)11-20-3/h4-10,18-19H,11-12H2,1-3H3. The summed E-state index contributed by atoms with van der Waals surface area (Å²) in [6.07, 6.45) is -0.629. The van der Waals surface area contributed by atoms with Crippen molar-refractivity contribution in [1.82, 2.24) is 0 Å². The van der Waals surface area contributed by atoms with E-state index in [-0.39, 0.29) is 6.61 Å². The molecule has 0 aromatic heterocycles. The van der Waals surface area contributed by atoms with Crippen molar-refractivity contribution in [2.45, 2.75) is 26.6 Å². The van der Waals surface area contributed by atoms with Gasteiger partial charge < -0.3 is 14.6 Å². The minimum atomic E-state index is -0.629. The molecule has 21 heavy (non-hydrogen) atoms. The Morgan fingerprint density at radius 1 is 1.10 bits per heavy atom. The van der Waals surface area contributed by atoms with E-state index in [4.69, 9.17) is 9.47 Å². The molecule has 1 N–H and O–H groups in total. The minimum Gasteiger partial charge on any atom is -0.491 e. The summed E-state index contributed by atoms with van der Waals surface area (Å²) in [6.45, 7) is 4.80. The summed E-state index contributed by atoms with van der Waals surface area (Å²) in [7, 11) is 1.66. The molecular weight excluding hydrogens is 264 g/mol. The van der Waals surface area contributed by atoms with Crippen LogP contribution in [0.5, 0.6) is 5.75 Å². The minimum absolute atomic E-state index is 0.237. The summed E-state index contributed by atoms with van der Waals surface area (Å²) in [5, 5.41) is 10.3. The molecule has 0 saturated heterocycles. The van der Waals surface area contributed by atoms with Crippen LogP contribution >= 0.6 is 0 Å². The number of ether oxygens (including phenoxy) is 2. The molecular formula is C18H22O3. The van der Waals surface area contributed by atoms with Gasteiger partial charge in [-0.2, -0.15) is 0 Å². The zero-order valence-corrected chi connectivity index (χ0v) is 12.8. The second-order valence-corrected chi connectivity index (χ2v) is 5.27. The fourth-order valence-electron chi connectivity index (χ4n) is 2.28. The number of aryl methyl sites for hydroxylation is 2. The molecule has 2 rings (SSSR count). The van der Waals surface area contributed by atoms with Crippen LogP contribution in [0.3, 0.4) is 0 Å². The highest BCUT2D eigenvalue weighted by atomic mass is 16.5. The summed E-state index contributed by atoms with van der Waals surface area (Å²) in [4.78, 5) is 0. The van der Waals surface area contributed by atoms with E-state index in [1.807, 2.05) is 56.3 Å². The molecule has 112 valence electrons. The lowest BCUT2D eigenvalue weighted by molar-refractivity contribution is 0.107. The Morgan fingerprint density at radius 3 is 2.67 bits per heavy atom. The van der Waals surface area contributed by atoms with Crippen LogP contribution in [0.4, 0.5) is 0 Å². The van der Waals surface area contributed by atoms with Crippen LogP contribution in [0.25, 0.3) is 0 Å². The first kappa shape index (κ1) is 15.5. The SMILES string of the molecule is COCc1cccc(OCC(O)c2cc(C)ccc2C)c1. The molecule has 0 heterocycles. The predicted octanol–water partition coefficient (Wildman–Crippen LogP) is 3.56. The van der Waals surface area contributed by atoms with E-state index in [0.29, 0.717) is 6.61 Å². The fraction of sp³-hybridized carbons (Fsp3) is 0.333. The van der Waals surface area contributed by atoms with E-state index < -0.39 is 6.10 Å². The second-order valence-electron chi connectivity index (χ2n) is 5.27. The highest BCUT2D eigenvalue weighted by Gasteiger charge is 2.11. The van der Waals surface area contributed by atoms with E-state index in [9.17, 15) is 5.11 Å². The number of aliphatic hydroxyl groups is 1. The van der Waals surface area contributed by atoms with Crippen LogP contribution in [-0.4, -0.2) is 18.8 Å². The molecule has 0 aliphatic carbocycles. The first-order valence-corrected chi connectivity index (χ1v) is 7.06. The number of benzene rings is 2. The molecule has 0 saturated carbocycles. The van der Waals surface area contributed by atoms with Crippen molar-refractivity contribution in [2.75, 3.05) is 13.7 Å². The number of rotatable bonds is 6. The molecule has 0 bridgehead atoms. The fourth-order valence-corrected chi connectivity index (χ4v) is 2.28. The predicted molar refractivity (Wildman–Crippen MR) is 83.5 cm³/mol. The van der Waals surface area contributed by atoms with Crippen molar-refractivity contribution in [3.63, 3.8) is 0 Å². The summed E-state index contributed by atoms with van der Waals surface area (Å²) in [6, 6.07) is 13.8. The summed E-state index contributed by atoms with van der Waals surface area (Å²) >= 11 is 0. The largest absolute Gasteiger partial charge is 0.491 e. The second kappa shape index (κ2) is 7.25. The Hall–Kier alpha value is -1.84. The van der Waals surface area contributed by atoms with E-state index >= 15 is 0 Å². The topological polar surface area (TPSA) is 38.7 Å². The van der Waals surface area contributed by atoms with Crippen molar-refractivity contribution in [3.05, 3.63) is 64.7 Å². The first-order valence-electron chi connectivity index (χ1n) is 7.06. The quantitative estimate of drug-likeness (QED) is 0.882. The molecule has 2 aromatic rings. The van der Waals surface area contributed by atoms with Crippen LogP contribution in [0.1, 0.15) is 28.4 Å². The molecule has 1 unspecified atom stereocenters. The molecule has 0 spiro atoms. The Bertz CT molecular complexity index is 593. The van der Waals surface area contributed by atoms with Gasteiger partial charge in [0.25, 0.3) is 0 Å². The highest BCUT2D eigenvalue weighted by molar-refractivity contribution is 5.33. The van der Waals surface area contributed by atoms with Crippen molar-refractivity contribution < 1.29 is 14.6 Å². The van der Waals surface area contributed by atoms with Gasteiger partial charge in [0.1, 0.15) is 18.5 Å². The third-order valence-corrected chi connectivity index (χ3v) is 3.41. The van der Waals surface area contributed by atoms with Gasteiger partial charge in [-0.1, -0.05) is 35.9 Å². The number of hydrogen-bond acceptors (Lipinski definition) is 3. The smallest absolute Gasteiger partial charge is 0.119 e. The van der Waals surface area contributed by atoms with E-state index in [0.717, 1.165) is 28.0 Å². The van der Waals surface area contributed by atoms with Crippen LogP contribution in [-0.2, 0) is 11.3 Å². The third-order valence-electron chi connectivity index (χ3n) is 3.41. The van der Waals surface area contributed by atoms with Gasteiger partial charge in [-0.25, -0.2) is 0 Å². The number of aliphatic hydroxyl groups excluding tert-OH is 1. The molecule has 3 heteroatoms. The zero-order chi connectivity index (χ0) is 15.2. The first-order chi connectivity index (χ1) is 10.1. The van der Waals surface area contributed by atoms with Gasteiger partial charge in [0.05, 0.1) is 6.61 Å². The van der Waals surface area contributed by atoms with Crippen molar-refractivity contribution in [3.8, 4) is 5.75 Å². The molecule has 0 aliphatic heterocycles. The van der Waals surface area contributed by atoms with Crippen molar-refractivity contribution in [2.24, 2.45) is 0 Å². The van der Waals surface area contributed by atoms with Crippen LogP contribution in [0.2, 0.25) is 0 Å². The van der Waals surface area contributed by atoms with Gasteiger partial charge in [0.15, 0.2) is 0 Å². The number of hydrogen-bond donors (Lipinski definition) is 1. The van der Waals surface area contributed by atoms with E-state index in [1.54, 1.807) is 7.11 Å². The summed E-state index contributed by atoms with van der Waals surface area (Å²) in [5.41, 5.74) is 4.18. The maximum atomic E-state index is 10.3. The average Bonchev–Trinajstić information content (AvgIpc) is 2.48. The van der Waals surface area contributed by atoms with Gasteiger partial charge in [0.2, 0.25) is 0 Å². The Labute approximate surface area is 126 Å². The molecule has 0 amide bonds. The van der Waals surface area contributed by atoms with Crippen LogP contribution in [0.15, 0.2) is 42.5 Å².